The van der Waals surface area contributed by atoms with E-state index in [1.54, 1.807) is 6.33 Å². The fourth-order valence-electron chi connectivity index (χ4n) is 1.46. The van der Waals surface area contributed by atoms with E-state index in [-0.39, 0.29) is 11.5 Å². The van der Waals surface area contributed by atoms with Gasteiger partial charge in [-0.05, 0) is 5.41 Å². The van der Waals surface area contributed by atoms with E-state index >= 15 is 0 Å². The number of fused-ring (bicyclic) bond motifs is 1. The Balaban J connectivity index is 2.18. The smallest absolute Gasteiger partial charge is 0.152 e. The second-order valence-corrected chi connectivity index (χ2v) is 4.52. The largest absolute Gasteiger partial charge is 0.368 e. The molecule has 13 heavy (non-hydrogen) atoms. The zero-order valence-corrected chi connectivity index (χ0v) is 8.32. The first kappa shape index (κ1) is 8.69. The zero-order chi connectivity index (χ0) is 9.47. The summed E-state index contributed by atoms with van der Waals surface area (Å²) < 4.78 is 7.63. The van der Waals surface area contributed by atoms with Gasteiger partial charge in [0.1, 0.15) is 12.9 Å². The highest BCUT2D eigenvalue weighted by atomic mass is 16.5. The first-order chi connectivity index (χ1) is 6.07. The maximum Gasteiger partial charge on any atom is 0.152 e. The summed E-state index contributed by atoms with van der Waals surface area (Å²) in [4.78, 5) is 4.10. The third-order valence-electron chi connectivity index (χ3n) is 2.41. The molecule has 0 N–H and O–H groups in total. The van der Waals surface area contributed by atoms with Gasteiger partial charge in [-0.1, -0.05) is 20.8 Å². The molecule has 0 saturated carbocycles. The monoisotopic (exact) mass is 181 g/mol. The van der Waals surface area contributed by atoms with Crippen molar-refractivity contribution < 1.29 is 4.74 Å². The predicted octanol–water partition coefficient (Wildman–Crippen LogP) is 1.22. The normalized spacial score (nSPS) is 22.8. The number of ether oxygens (including phenoxy) is 1. The second kappa shape index (κ2) is 2.80. The molecule has 0 spiro atoms. The van der Waals surface area contributed by atoms with Gasteiger partial charge in [0.15, 0.2) is 5.82 Å². The summed E-state index contributed by atoms with van der Waals surface area (Å²) in [6, 6.07) is 0. The molecule has 2 rings (SSSR count). The van der Waals surface area contributed by atoms with Crippen LogP contribution in [-0.4, -0.2) is 20.9 Å². The van der Waals surface area contributed by atoms with Gasteiger partial charge in [0, 0.05) is 0 Å². The van der Waals surface area contributed by atoms with Crippen molar-refractivity contribution in [3.8, 4) is 0 Å². The van der Waals surface area contributed by atoms with Crippen molar-refractivity contribution in [1.82, 2.24) is 14.8 Å². The molecular formula is C9H15N3O. The molecule has 1 unspecified atom stereocenters. The molecule has 0 radical (unpaired) electrons. The summed E-state index contributed by atoms with van der Waals surface area (Å²) in [6.07, 6.45) is 1.82. The molecule has 0 bridgehead atoms. The fraction of sp³-hybridized carbons (Fsp3) is 0.778. The highest BCUT2D eigenvalue weighted by molar-refractivity contribution is 4.89. The molecule has 0 fully saturated rings. The van der Waals surface area contributed by atoms with E-state index in [1.165, 1.54) is 0 Å². The number of aromatic nitrogens is 3. The molecular weight excluding hydrogens is 166 g/mol. The van der Waals surface area contributed by atoms with Gasteiger partial charge >= 0.3 is 0 Å². The van der Waals surface area contributed by atoms with Crippen molar-refractivity contribution >= 4 is 0 Å². The standard InChI is InChI=1S/C9H15N3O/c1-9(2,3)7-4-12-8(5-13-7)10-6-11-12/h6-7H,4-5H2,1-3H3. The van der Waals surface area contributed by atoms with Crippen molar-refractivity contribution in [3.05, 3.63) is 12.2 Å². The second-order valence-electron chi connectivity index (χ2n) is 4.52. The van der Waals surface area contributed by atoms with Crippen molar-refractivity contribution in [2.45, 2.75) is 40.0 Å². The molecule has 1 atom stereocenters. The lowest BCUT2D eigenvalue weighted by atomic mass is 9.88. The SMILES string of the molecule is CC(C)(C)C1Cn2ncnc2CO1. The molecule has 0 saturated heterocycles. The van der Waals surface area contributed by atoms with E-state index in [0.717, 1.165) is 12.4 Å². The van der Waals surface area contributed by atoms with Gasteiger partial charge in [0.2, 0.25) is 0 Å². The van der Waals surface area contributed by atoms with Crippen molar-refractivity contribution in [2.24, 2.45) is 5.41 Å². The van der Waals surface area contributed by atoms with E-state index < -0.39 is 0 Å². The van der Waals surface area contributed by atoms with Gasteiger partial charge in [-0.15, -0.1) is 0 Å². The number of nitrogens with zero attached hydrogens (tertiary/aromatic N) is 3. The molecule has 1 aliphatic rings. The fourth-order valence-corrected chi connectivity index (χ4v) is 1.46. The van der Waals surface area contributed by atoms with Crippen LogP contribution >= 0.6 is 0 Å². The van der Waals surface area contributed by atoms with E-state index in [1.807, 2.05) is 4.68 Å². The minimum atomic E-state index is 0.170. The molecule has 0 aromatic carbocycles. The summed E-state index contributed by atoms with van der Waals surface area (Å²) >= 11 is 0. The summed E-state index contributed by atoms with van der Waals surface area (Å²) in [7, 11) is 0. The molecule has 1 aromatic rings. The van der Waals surface area contributed by atoms with Crippen LogP contribution < -0.4 is 0 Å². The Hall–Kier alpha value is -0.900. The Labute approximate surface area is 77.9 Å². The van der Waals surface area contributed by atoms with Gasteiger partial charge in [0.25, 0.3) is 0 Å². The van der Waals surface area contributed by atoms with Crippen LogP contribution in [0.15, 0.2) is 6.33 Å². The molecule has 0 aliphatic carbocycles. The third kappa shape index (κ3) is 1.58. The predicted molar refractivity (Wildman–Crippen MR) is 48.1 cm³/mol. The van der Waals surface area contributed by atoms with E-state index in [0.29, 0.717) is 6.61 Å². The number of rotatable bonds is 0. The Morgan fingerprint density at radius 2 is 2.31 bits per heavy atom. The molecule has 4 nitrogen and oxygen atoms in total. The van der Waals surface area contributed by atoms with E-state index in [2.05, 4.69) is 30.9 Å². The van der Waals surface area contributed by atoms with Crippen LogP contribution in [0.25, 0.3) is 0 Å². The van der Waals surface area contributed by atoms with Crippen LogP contribution in [0.3, 0.4) is 0 Å². The number of hydrogen-bond donors (Lipinski definition) is 0. The molecule has 72 valence electrons. The van der Waals surface area contributed by atoms with Crippen molar-refractivity contribution in [2.75, 3.05) is 0 Å². The average molecular weight is 181 g/mol. The van der Waals surface area contributed by atoms with E-state index in [9.17, 15) is 0 Å². The highest BCUT2D eigenvalue weighted by Gasteiger charge is 2.30. The van der Waals surface area contributed by atoms with Gasteiger partial charge in [0.05, 0.1) is 12.6 Å². The van der Waals surface area contributed by atoms with Crippen LogP contribution in [0.5, 0.6) is 0 Å². The Bertz CT molecular complexity index is 300. The van der Waals surface area contributed by atoms with Gasteiger partial charge < -0.3 is 4.74 Å². The lowest BCUT2D eigenvalue weighted by Crippen LogP contribution is -2.37. The first-order valence-electron chi connectivity index (χ1n) is 4.55. The summed E-state index contributed by atoms with van der Waals surface area (Å²) in [5, 5.41) is 4.15. The number of hydrogen-bond acceptors (Lipinski definition) is 3. The van der Waals surface area contributed by atoms with Crippen LogP contribution in [0.2, 0.25) is 0 Å². The molecule has 0 amide bonds. The first-order valence-corrected chi connectivity index (χ1v) is 4.55. The summed E-state index contributed by atoms with van der Waals surface area (Å²) in [5.41, 5.74) is 0.170. The summed E-state index contributed by atoms with van der Waals surface area (Å²) in [5.74, 6) is 0.931. The Morgan fingerprint density at radius 3 is 3.00 bits per heavy atom. The topological polar surface area (TPSA) is 39.9 Å². The van der Waals surface area contributed by atoms with Crippen LogP contribution in [0, 0.1) is 5.41 Å². The zero-order valence-electron chi connectivity index (χ0n) is 8.32. The minimum Gasteiger partial charge on any atom is -0.368 e. The van der Waals surface area contributed by atoms with Gasteiger partial charge in [-0.2, -0.15) is 5.10 Å². The van der Waals surface area contributed by atoms with Gasteiger partial charge in [-0.25, -0.2) is 9.67 Å². The van der Waals surface area contributed by atoms with Crippen molar-refractivity contribution in [3.63, 3.8) is 0 Å². The van der Waals surface area contributed by atoms with Crippen molar-refractivity contribution in [1.29, 1.82) is 0 Å². The van der Waals surface area contributed by atoms with E-state index in [4.69, 9.17) is 4.74 Å². The highest BCUT2D eigenvalue weighted by Crippen LogP contribution is 2.26. The van der Waals surface area contributed by atoms with Crippen LogP contribution in [0.1, 0.15) is 26.6 Å². The summed E-state index contributed by atoms with van der Waals surface area (Å²) in [6.45, 7) is 7.94. The third-order valence-corrected chi connectivity index (χ3v) is 2.41. The Kier molecular flexibility index (Phi) is 1.87. The molecule has 1 aromatic heterocycles. The maximum atomic E-state index is 5.70. The lowest BCUT2D eigenvalue weighted by molar-refractivity contribution is -0.0624. The average Bonchev–Trinajstić information content (AvgIpc) is 2.47. The molecule has 4 heteroatoms. The van der Waals surface area contributed by atoms with Crippen LogP contribution in [0.4, 0.5) is 0 Å². The van der Waals surface area contributed by atoms with Gasteiger partial charge in [-0.3, -0.25) is 0 Å². The molecule has 1 aliphatic heterocycles. The maximum absolute atomic E-state index is 5.70. The lowest BCUT2D eigenvalue weighted by Gasteiger charge is -2.33. The minimum absolute atomic E-state index is 0.170. The Morgan fingerprint density at radius 1 is 1.54 bits per heavy atom. The van der Waals surface area contributed by atoms with Crippen LogP contribution in [-0.2, 0) is 17.9 Å². The quantitative estimate of drug-likeness (QED) is 0.604. The molecule has 2 heterocycles.